The molecule has 0 spiro atoms. The van der Waals surface area contributed by atoms with Crippen LogP contribution in [-0.4, -0.2) is 10.9 Å². The van der Waals surface area contributed by atoms with Crippen molar-refractivity contribution < 1.29 is 9.90 Å². The number of hydrogen-bond acceptors (Lipinski definition) is 3. The number of benzene rings is 1. The van der Waals surface area contributed by atoms with Crippen molar-refractivity contribution in [1.82, 2.24) is 0 Å². The van der Waals surface area contributed by atoms with E-state index in [0.717, 1.165) is 16.7 Å². The number of hydrogen-bond donors (Lipinski definition) is 1. The molecule has 0 amide bonds. The van der Waals surface area contributed by atoms with Crippen molar-refractivity contribution in [1.29, 1.82) is 5.26 Å². The maximum atomic E-state index is 11.3. The molecule has 1 N–H and O–H groups in total. The Hall–Kier alpha value is -1.18. The van der Waals surface area contributed by atoms with Crippen LogP contribution < -0.4 is 0 Å². The summed E-state index contributed by atoms with van der Waals surface area (Å²) in [5.41, 5.74) is 2.32. The Bertz CT molecular complexity index is 437. The number of alkyl halides is 1. The molecule has 0 aliphatic carbocycles. The largest absolute Gasteiger partial charge is 0.392 e. The van der Waals surface area contributed by atoms with Gasteiger partial charge in [0.2, 0.25) is 0 Å². The topological polar surface area (TPSA) is 61.1 Å². The number of halogens is 1. The first-order valence-electron chi connectivity index (χ1n) is 4.84. The molecule has 0 radical (unpaired) electrons. The summed E-state index contributed by atoms with van der Waals surface area (Å²) in [6.07, 6.45) is 0.260. The predicted molar refractivity (Wildman–Crippen MR) is 64.0 cm³/mol. The van der Waals surface area contributed by atoms with Crippen molar-refractivity contribution in [3.8, 4) is 6.07 Å². The molecule has 0 saturated heterocycles. The number of aliphatic hydroxyl groups excluding tert-OH is 1. The minimum absolute atomic E-state index is 0.0192. The summed E-state index contributed by atoms with van der Waals surface area (Å²) < 4.78 is 0. The standard InChI is InChI=1S/C12H12BrNO2/c1-8(16)12(13)11-6-9(7-15)2-3-10(11)4-5-14/h2-3,6,12,15H,4,7H2,1H3. The number of carbonyl (C=O) groups excluding carboxylic acids is 1. The molecular weight excluding hydrogens is 270 g/mol. The van der Waals surface area contributed by atoms with E-state index in [9.17, 15) is 4.79 Å². The first-order chi connectivity index (χ1) is 7.60. The molecule has 4 heteroatoms. The van der Waals surface area contributed by atoms with Crippen LogP contribution in [0, 0.1) is 11.3 Å². The second kappa shape index (κ2) is 5.78. The van der Waals surface area contributed by atoms with Crippen molar-refractivity contribution in [2.75, 3.05) is 0 Å². The number of ketones is 1. The van der Waals surface area contributed by atoms with Crippen LogP contribution in [0.4, 0.5) is 0 Å². The average molecular weight is 282 g/mol. The smallest absolute Gasteiger partial charge is 0.147 e. The zero-order valence-electron chi connectivity index (χ0n) is 8.90. The molecule has 0 fully saturated rings. The lowest BCUT2D eigenvalue weighted by atomic mass is 9.98. The van der Waals surface area contributed by atoms with Crippen LogP contribution in [-0.2, 0) is 17.8 Å². The zero-order chi connectivity index (χ0) is 12.1. The van der Waals surface area contributed by atoms with Crippen LogP contribution in [0.3, 0.4) is 0 Å². The Morgan fingerprint density at radius 1 is 1.62 bits per heavy atom. The van der Waals surface area contributed by atoms with Crippen molar-refractivity contribution in [2.24, 2.45) is 0 Å². The van der Waals surface area contributed by atoms with Gasteiger partial charge in [-0.25, -0.2) is 0 Å². The highest BCUT2D eigenvalue weighted by Crippen LogP contribution is 2.28. The third kappa shape index (κ3) is 2.91. The molecule has 16 heavy (non-hydrogen) atoms. The molecule has 1 aromatic rings. The second-order valence-corrected chi connectivity index (χ2v) is 4.42. The molecule has 0 aromatic heterocycles. The van der Waals surface area contributed by atoms with Gasteiger partial charge in [-0.2, -0.15) is 5.26 Å². The molecule has 0 aliphatic heterocycles. The molecule has 1 aromatic carbocycles. The van der Waals surface area contributed by atoms with Gasteiger partial charge in [0.25, 0.3) is 0 Å². The Morgan fingerprint density at radius 2 is 2.31 bits per heavy atom. The average Bonchev–Trinajstić information content (AvgIpc) is 2.29. The Labute approximate surface area is 103 Å². The van der Waals surface area contributed by atoms with Gasteiger partial charge >= 0.3 is 0 Å². The summed E-state index contributed by atoms with van der Waals surface area (Å²) in [5.74, 6) is -0.0192. The minimum Gasteiger partial charge on any atom is -0.392 e. The first-order valence-corrected chi connectivity index (χ1v) is 5.75. The van der Waals surface area contributed by atoms with Gasteiger partial charge in [-0.05, 0) is 23.6 Å². The van der Waals surface area contributed by atoms with Gasteiger partial charge in [-0.3, -0.25) is 4.79 Å². The number of nitriles is 1. The monoisotopic (exact) mass is 281 g/mol. The minimum atomic E-state index is -0.414. The van der Waals surface area contributed by atoms with E-state index < -0.39 is 4.83 Å². The van der Waals surface area contributed by atoms with E-state index in [0.29, 0.717) is 0 Å². The van der Waals surface area contributed by atoms with E-state index in [1.807, 2.05) is 0 Å². The number of Topliss-reactive ketones (excluding diaryl/α,β-unsaturated/α-hetero) is 1. The second-order valence-electron chi connectivity index (χ2n) is 3.50. The van der Waals surface area contributed by atoms with E-state index in [4.69, 9.17) is 10.4 Å². The normalized spacial score (nSPS) is 11.9. The summed E-state index contributed by atoms with van der Waals surface area (Å²) in [5, 5.41) is 17.7. The lowest BCUT2D eigenvalue weighted by molar-refractivity contribution is -0.116. The molecule has 0 heterocycles. The Morgan fingerprint density at radius 3 is 2.81 bits per heavy atom. The van der Waals surface area contributed by atoms with Gasteiger partial charge in [0.05, 0.1) is 23.9 Å². The fraction of sp³-hybridized carbons (Fsp3) is 0.333. The van der Waals surface area contributed by atoms with Crippen LogP contribution in [0.15, 0.2) is 18.2 Å². The highest BCUT2D eigenvalue weighted by Gasteiger charge is 2.16. The van der Waals surface area contributed by atoms with Gasteiger partial charge in [0.1, 0.15) is 5.78 Å². The van der Waals surface area contributed by atoms with Crippen LogP contribution in [0.1, 0.15) is 28.4 Å². The number of aliphatic hydroxyl groups is 1. The van der Waals surface area contributed by atoms with E-state index in [1.54, 1.807) is 18.2 Å². The Balaban J connectivity index is 3.20. The van der Waals surface area contributed by atoms with Gasteiger partial charge < -0.3 is 5.11 Å². The fourth-order valence-electron chi connectivity index (χ4n) is 1.44. The molecule has 1 rings (SSSR count). The molecule has 0 bridgehead atoms. The quantitative estimate of drug-likeness (QED) is 0.862. The maximum absolute atomic E-state index is 11.3. The molecule has 1 atom stereocenters. The fourth-order valence-corrected chi connectivity index (χ4v) is 1.87. The number of rotatable bonds is 4. The SMILES string of the molecule is CC(=O)C(Br)c1cc(CO)ccc1CC#N. The maximum Gasteiger partial charge on any atom is 0.147 e. The molecular formula is C12H12BrNO2. The summed E-state index contributed by atoms with van der Waals surface area (Å²) in [6.45, 7) is 1.42. The predicted octanol–water partition coefficient (Wildman–Crippen LogP) is 2.27. The van der Waals surface area contributed by atoms with Gasteiger partial charge in [-0.1, -0.05) is 34.1 Å². The van der Waals surface area contributed by atoms with E-state index >= 15 is 0 Å². The summed E-state index contributed by atoms with van der Waals surface area (Å²) >= 11 is 3.29. The third-order valence-corrected chi connectivity index (χ3v) is 3.43. The van der Waals surface area contributed by atoms with E-state index in [-0.39, 0.29) is 18.8 Å². The molecule has 0 saturated carbocycles. The van der Waals surface area contributed by atoms with Crippen molar-refractivity contribution >= 4 is 21.7 Å². The number of nitrogens with zero attached hydrogens (tertiary/aromatic N) is 1. The summed E-state index contributed by atoms with van der Waals surface area (Å²) in [4.78, 5) is 10.9. The van der Waals surface area contributed by atoms with Gasteiger partial charge in [-0.15, -0.1) is 0 Å². The first kappa shape index (κ1) is 12.9. The van der Waals surface area contributed by atoms with Crippen LogP contribution in [0.25, 0.3) is 0 Å². The van der Waals surface area contributed by atoms with E-state index in [1.165, 1.54) is 6.92 Å². The number of carbonyl (C=O) groups is 1. The van der Waals surface area contributed by atoms with Crippen molar-refractivity contribution in [3.63, 3.8) is 0 Å². The zero-order valence-corrected chi connectivity index (χ0v) is 10.5. The summed E-state index contributed by atoms with van der Waals surface area (Å²) in [6, 6.07) is 7.36. The van der Waals surface area contributed by atoms with Gasteiger partial charge in [0.15, 0.2) is 0 Å². The van der Waals surface area contributed by atoms with Crippen LogP contribution >= 0.6 is 15.9 Å². The van der Waals surface area contributed by atoms with Gasteiger partial charge in [0, 0.05) is 0 Å². The van der Waals surface area contributed by atoms with Crippen LogP contribution in [0.2, 0.25) is 0 Å². The Kier molecular flexibility index (Phi) is 4.66. The van der Waals surface area contributed by atoms with Crippen LogP contribution in [0.5, 0.6) is 0 Å². The lowest BCUT2D eigenvalue weighted by Gasteiger charge is -2.12. The molecule has 1 unspecified atom stereocenters. The van der Waals surface area contributed by atoms with Crippen molar-refractivity contribution in [2.45, 2.75) is 24.8 Å². The molecule has 3 nitrogen and oxygen atoms in total. The molecule has 0 aliphatic rings. The highest BCUT2D eigenvalue weighted by atomic mass is 79.9. The van der Waals surface area contributed by atoms with Crippen molar-refractivity contribution in [3.05, 3.63) is 34.9 Å². The lowest BCUT2D eigenvalue weighted by Crippen LogP contribution is -2.05. The summed E-state index contributed by atoms with van der Waals surface area (Å²) in [7, 11) is 0. The molecule has 84 valence electrons. The third-order valence-electron chi connectivity index (χ3n) is 2.29. The highest BCUT2D eigenvalue weighted by molar-refractivity contribution is 9.09. The van der Waals surface area contributed by atoms with E-state index in [2.05, 4.69) is 22.0 Å².